The third kappa shape index (κ3) is 6.02. The predicted molar refractivity (Wildman–Crippen MR) is 107 cm³/mol. The Labute approximate surface area is 161 Å². The van der Waals surface area contributed by atoms with E-state index in [4.69, 9.17) is 4.74 Å². The van der Waals surface area contributed by atoms with Gasteiger partial charge in [-0.3, -0.25) is 4.79 Å². The van der Waals surface area contributed by atoms with E-state index in [1.807, 2.05) is 38.1 Å². The van der Waals surface area contributed by atoms with Crippen molar-refractivity contribution in [2.75, 3.05) is 26.2 Å². The molecule has 0 aromatic heterocycles. The van der Waals surface area contributed by atoms with Crippen molar-refractivity contribution >= 4 is 26.7 Å². The number of sulfonamides is 1. The van der Waals surface area contributed by atoms with E-state index in [1.54, 1.807) is 25.1 Å². The normalized spacial score (nSPS) is 12.0. The van der Waals surface area contributed by atoms with Gasteiger partial charge in [-0.2, -0.15) is 4.31 Å². The quantitative estimate of drug-likeness (QED) is 0.631. The number of ether oxygens (including phenoxy) is 1. The van der Waals surface area contributed by atoms with Crippen molar-refractivity contribution < 1.29 is 17.9 Å². The molecule has 0 saturated heterocycles. The first-order valence-corrected chi connectivity index (χ1v) is 10.7. The van der Waals surface area contributed by atoms with E-state index >= 15 is 0 Å². The highest BCUT2D eigenvalue weighted by molar-refractivity contribution is 7.89. The van der Waals surface area contributed by atoms with Crippen molar-refractivity contribution in [3.05, 3.63) is 42.5 Å². The summed E-state index contributed by atoms with van der Waals surface area (Å²) in [6, 6.07) is 12.6. The van der Waals surface area contributed by atoms with Gasteiger partial charge in [-0.25, -0.2) is 8.42 Å². The molecule has 2 aromatic rings. The van der Waals surface area contributed by atoms with Crippen LogP contribution in [0.3, 0.4) is 0 Å². The molecule has 2 aromatic carbocycles. The van der Waals surface area contributed by atoms with E-state index in [9.17, 15) is 13.2 Å². The number of nitrogens with one attached hydrogen (secondary N) is 1. The fraction of sp³-hybridized carbons (Fsp3) is 0.450. The van der Waals surface area contributed by atoms with Crippen LogP contribution in [0.2, 0.25) is 0 Å². The molecule has 1 N–H and O–H groups in total. The lowest BCUT2D eigenvalue weighted by Crippen LogP contribution is -2.41. The molecule has 0 unspecified atom stereocenters. The summed E-state index contributed by atoms with van der Waals surface area (Å²) >= 11 is 0. The first kappa shape index (κ1) is 21.3. The first-order valence-electron chi connectivity index (χ1n) is 9.22. The molecular formula is C20H28N2O4S. The Hall–Kier alpha value is -1.96. The zero-order chi connectivity index (χ0) is 19.9. The van der Waals surface area contributed by atoms with Crippen LogP contribution in [0.25, 0.3) is 10.8 Å². The molecule has 0 fully saturated rings. The fourth-order valence-corrected chi connectivity index (χ4v) is 4.12. The average Bonchev–Trinajstić information content (AvgIpc) is 2.65. The average molecular weight is 393 g/mol. The monoisotopic (exact) mass is 392 g/mol. The second-order valence-corrected chi connectivity index (χ2v) is 8.50. The van der Waals surface area contributed by atoms with E-state index in [2.05, 4.69) is 5.32 Å². The number of amides is 1. The Kier molecular flexibility index (Phi) is 7.77. The number of hydrogen-bond donors (Lipinski definition) is 1. The Morgan fingerprint density at radius 3 is 2.52 bits per heavy atom. The van der Waals surface area contributed by atoms with Crippen molar-refractivity contribution in [3.8, 4) is 0 Å². The van der Waals surface area contributed by atoms with Crippen molar-refractivity contribution in [1.82, 2.24) is 9.62 Å². The van der Waals surface area contributed by atoms with Crippen LogP contribution in [0.5, 0.6) is 0 Å². The topological polar surface area (TPSA) is 75.7 Å². The van der Waals surface area contributed by atoms with E-state index < -0.39 is 10.0 Å². The minimum Gasteiger partial charge on any atom is -0.379 e. The highest BCUT2D eigenvalue weighted by atomic mass is 32.2. The molecule has 148 valence electrons. The molecule has 0 saturated carbocycles. The zero-order valence-corrected chi connectivity index (χ0v) is 17.0. The molecule has 2 rings (SSSR count). The number of carbonyl (C=O) groups excluding carboxylic acids is 1. The molecule has 7 heteroatoms. The maximum Gasteiger partial charge on any atom is 0.243 e. The lowest BCUT2D eigenvalue weighted by atomic mass is 10.1. The summed E-state index contributed by atoms with van der Waals surface area (Å²) in [5, 5.41) is 4.57. The zero-order valence-electron chi connectivity index (χ0n) is 16.1. The third-order valence-electron chi connectivity index (χ3n) is 4.13. The number of likely N-dealkylation sites (N-methyl/N-ethyl adjacent to an activating group) is 1. The third-order valence-corrected chi connectivity index (χ3v) is 6.04. The number of hydrogen-bond acceptors (Lipinski definition) is 4. The van der Waals surface area contributed by atoms with E-state index in [1.165, 1.54) is 4.31 Å². The summed E-state index contributed by atoms with van der Waals surface area (Å²) in [5.74, 6) is -0.314. The van der Waals surface area contributed by atoms with Crippen LogP contribution in [-0.4, -0.2) is 51.0 Å². The molecule has 0 spiro atoms. The molecule has 27 heavy (non-hydrogen) atoms. The molecule has 0 bridgehead atoms. The minimum absolute atomic E-state index is 0.156. The van der Waals surface area contributed by atoms with Crippen molar-refractivity contribution in [1.29, 1.82) is 0 Å². The summed E-state index contributed by atoms with van der Waals surface area (Å²) in [7, 11) is -3.74. The van der Waals surface area contributed by atoms with Crippen LogP contribution < -0.4 is 5.32 Å². The van der Waals surface area contributed by atoms with E-state index in [-0.39, 0.29) is 30.0 Å². The summed E-state index contributed by atoms with van der Waals surface area (Å²) in [6.45, 7) is 6.67. The van der Waals surface area contributed by atoms with Gasteiger partial charge in [-0.1, -0.05) is 37.3 Å². The van der Waals surface area contributed by atoms with Gasteiger partial charge >= 0.3 is 0 Å². The van der Waals surface area contributed by atoms with E-state index in [0.717, 1.165) is 10.8 Å². The Bertz CT molecular complexity index is 865. The smallest absolute Gasteiger partial charge is 0.243 e. The lowest BCUT2D eigenvalue weighted by Gasteiger charge is -2.20. The van der Waals surface area contributed by atoms with Gasteiger partial charge in [-0.05, 0) is 43.2 Å². The fourth-order valence-electron chi connectivity index (χ4n) is 2.68. The number of rotatable bonds is 10. The van der Waals surface area contributed by atoms with Gasteiger partial charge in [0.25, 0.3) is 0 Å². The van der Waals surface area contributed by atoms with Gasteiger partial charge in [-0.15, -0.1) is 0 Å². The minimum atomic E-state index is -3.74. The molecule has 0 atom stereocenters. The molecular weight excluding hydrogens is 364 g/mol. The Balaban J connectivity index is 2.00. The van der Waals surface area contributed by atoms with Crippen LogP contribution in [-0.2, 0) is 19.6 Å². The van der Waals surface area contributed by atoms with Crippen LogP contribution >= 0.6 is 0 Å². The maximum absolute atomic E-state index is 12.9. The van der Waals surface area contributed by atoms with Gasteiger partial charge in [0.05, 0.1) is 17.5 Å². The number of benzene rings is 2. The lowest BCUT2D eigenvalue weighted by molar-refractivity contribution is -0.121. The molecule has 6 nitrogen and oxygen atoms in total. The molecule has 0 aliphatic rings. The Morgan fingerprint density at radius 1 is 1.15 bits per heavy atom. The highest BCUT2D eigenvalue weighted by Gasteiger charge is 2.25. The maximum atomic E-state index is 12.9. The predicted octanol–water partition coefficient (Wildman–Crippen LogP) is 2.78. The molecule has 1 amide bonds. The summed E-state index contributed by atoms with van der Waals surface area (Å²) in [4.78, 5) is 12.3. The molecule has 0 aliphatic heterocycles. The van der Waals surface area contributed by atoms with Crippen LogP contribution in [0.4, 0.5) is 0 Å². The second-order valence-electron chi connectivity index (χ2n) is 6.56. The molecule has 0 radical (unpaired) electrons. The van der Waals surface area contributed by atoms with Crippen LogP contribution in [0.1, 0.15) is 27.2 Å². The van der Waals surface area contributed by atoms with E-state index in [0.29, 0.717) is 19.6 Å². The summed E-state index contributed by atoms with van der Waals surface area (Å²) in [5.41, 5.74) is 0. The standard InChI is InChI=1S/C20H28N2O4S/c1-4-22(15-20(23)21-12-7-13-26-16(2)3)27(24,25)19-11-10-17-8-5-6-9-18(17)14-19/h5-6,8-11,14,16H,4,7,12-13,15H2,1-3H3,(H,21,23). The summed E-state index contributed by atoms with van der Waals surface area (Å²) in [6.07, 6.45) is 0.844. The second kappa shape index (κ2) is 9.82. The Morgan fingerprint density at radius 2 is 1.85 bits per heavy atom. The van der Waals surface area contributed by atoms with Crippen molar-refractivity contribution in [2.24, 2.45) is 0 Å². The van der Waals surface area contributed by atoms with Gasteiger partial charge in [0.15, 0.2) is 0 Å². The molecule has 0 heterocycles. The first-order chi connectivity index (χ1) is 12.8. The number of fused-ring (bicyclic) bond motifs is 1. The van der Waals surface area contributed by atoms with Crippen LogP contribution in [0, 0.1) is 0 Å². The molecule has 0 aliphatic carbocycles. The van der Waals surface area contributed by atoms with Gasteiger partial charge in [0.2, 0.25) is 15.9 Å². The van der Waals surface area contributed by atoms with Gasteiger partial charge < -0.3 is 10.1 Å². The SMILES string of the molecule is CCN(CC(=O)NCCCOC(C)C)S(=O)(=O)c1ccc2ccccc2c1. The van der Waals surface area contributed by atoms with Crippen molar-refractivity contribution in [2.45, 2.75) is 38.2 Å². The van der Waals surface area contributed by atoms with Crippen LogP contribution in [0.15, 0.2) is 47.4 Å². The van der Waals surface area contributed by atoms with Gasteiger partial charge in [0, 0.05) is 19.7 Å². The largest absolute Gasteiger partial charge is 0.379 e. The summed E-state index contributed by atoms with van der Waals surface area (Å²) < 4.78 is 32.4. The van der Waals surface area contributed by atoms with Crippen molar-refractivity contribution in [3.63, 3.8) is 0 Å². The number of carbonyl (C=O) groups is 1. The van der Waals surface area contributed by atoms with Gasteiger partial charge in [0.1, 0.15) is 0 Å². The number of nitrogens with zero attached hydrogens (tertiary/aromatic N) is 1. The highest BCUT2D eigenvalue weighted by Crippen LogP contribution is 2.21.